The fraction of sp³-hybridized carbons (Fsp3) is 0.278. The van der Waals surface area contributed by atoms with Crippen LogP contribution in [0.4, 0.5) is 11.4 Å². The normalized spacial score (nSPS) is 12.2. The minimum atomic E-state index is -2.60. The van der Waals surface area contributed by atoms with E-state index >= 15 is 0 Å². The minimum Gasteiger partial charge on any atom is -0.338 e. The Kier molecular flexibility index (Phi) is 7.70. The summed E-state index contributed by atoms with van der Waals surface area (Å²) in [6.07, 6.45) is 0.145. The molecule has 2 aromatic rings. The van der Waals surface area contributed by atoms with Crippen LogP contribution in [0.3, 0.4) is 0 Å². The number of likely N-dealkylation sites (N-methyl/N-ethyl adjacent to an activating group) is 1. The number of rotatable bonds is 9. The van der Waals surface area contributed by atoms with Gasteiger partial charge >= 0.3 is 0 Å². The average Bonchev–Trinajstić information content (AvgIpc) is 2.70. The molecule has 1 atom stereocenters. The van der Waals surface area contributed by atoms with E-state index in [2.05, 4.69) is 0 Å². The highest BCUT2D eigenvalue weighted by Gasteiger charge is 2.38. The lowest BCUT2D eigenvalue weighted by atomic mass is 9.81. The fourth-order valence-electron chi connectivity index (χ4n) is 3.33. The molecule has 0 aromatic heterocycles. The van der Waals surface area contributed by atoms with Crippen LogP contribution in [0.25, 0.3) is 0 Å². The van der Waals surface area contributed by atoms with Gasteiger partial charge in [-0.15, -0.1) is 0 Å². The van der Waals surface area contributed by atoms with Crippen LogP contribution >= 0.6 is 8.53 Å². The highest BCUT2D eigenvalue weighted by Crippen LogP contribution is 2.45. The quantitative estimate of drug-likeness (QED) is 0.356. The molecule has 0 saturated carbocycles. The molecule has 1 unspecified atom stereocenters. The number of hydrogen-bond donors (Lipinski definition) is 2. The van der Waals surface area contributed by atoms with E-state index in [1.807, 2.05) is 6.07 Å². The largest absolute Gasteiger partial charge is 0.338 e. The van der Waals surface area contributed by atoms with Gasteiger partial charge in [0.25, 0.3) is 19.9 Å². The van der Waals surface area contributed by atoms with E-state index in [1.54, 1.807) is 12.1 Å². The summed E-state index contributed by atoms with van der Waals surface area (Å²) in [4.78, 5) is 41.7. The molecule has 0 bridgehead atoms. The van der Waals surface area contributed by atoms with Crippen LogP contribution in [-0.2, 0) is 0 Å². The van der Waals surface area contributed by atoms with E-state index in [1.165, 1.54) is 48.1 Å². The van der Waals surface area contributed by atoms with Crippen molar-refractivity contribution in [3.63, 3.8) is 0 Å². The first kappa shape index (κ1) is 22.3. The van der Waals surface area contributed by atoms with E-state index in [9.17, 15) is 30.0 Å². The number of para-hydroxylation sites is 2. The van der Waals surface area contributed by atoms with Gasteiger partial charge in [-0.05, 0) is 13.5 Å². The van der Waals surface area contributed by atoms with Crippen molar-refractivity contribution in [3.8, 4) is 6.07 Å². The molecule has 2 N–H and O–H groups in total. The van der Waals surface area contributed by atoms with Crippen molar-refractivity contribution in [1.82, 2.24) is 4.67 Å². The molecule has 0 saturated heterocycles. The van der Waals surface area contributed by atoms with Crippen LogP contribution in [0.15, 0.2) is 48.5 Å². The highest BCUT2D eigenvalue weighted by atomic mass is 31.2. The van der Waals surface area contributed by atoms with Gasteiger partial charge in [-0.1, -0.05) is 36.4 Å². The van der Waals surface area contributed by atoms with E-state index in [4.69, 9.17) is 5.26 Å². The summed E-state index contributed by atoms with van der Waals surface area (Å²) in [6, 6.07) is 12.8. The van der Waals surface area contributed by atoms with Crippen molar-refractivity contribution < 1.29 is 19.6 Å². The zero-order chi connectivity index (χ0) is 21.6. The Labute approximate surface area is 167 Å². The Morgan fingerprint density at radius 3 is 1.86 bits per heavy atom. The van der Waals surface area contributed by atoms with E-state index < -0.39 is 30.3 Å². The van der Waals surface area contributed by atoms with Gasteiger partial charge < -0.3 is 9.79 Å². The number of nitriles is 1. The minimum absolute atomic E-state index is 0.0238. The summed E-state index contributed by atoms with van der Waals surface area (Å²) in [7, 11) is -1.19. The van der Waals surface area contributed by atoms with Crippen molar-refractivity contribution in [1.29, 1.82) is 5.26 Å². The van der Waals surface area contributed by atoms with E-state index in [-0.39, 0.29) is 35.3 Å². The van der Waals surface area contributed by atoms with Gasteiger partial charge in [0, 0.05) is 41.6 Å². The van der Waals surface area contributed by atoms with Crippen LogP contribution in [-0.4, -0.2) is 37.4 Å². The first-order valence-electron chi connectivity index (χ1n) is 8.53. The second-order valence-electron chi connectivity index (χ2n) is 6.22. The summed E-state index contributed by atoms with van der Waals surface area (Å²) >= 11 is 0. The maximum Gasteiger partial charge on any atom is 0.273 e. The van der Waals surface area contributed by atoms with Crippen LogP contribution in [0, 0.1) is 31.6 Å². The summed E-state index contributed by atoms with van der Waals surface area (Å²) in [5, 5.41) is 32.3. The molecule has 0 spiro atoms. The SMILES string of the molecule is CN(C(CCC#N)C(c1ccccc1[N+](=O)[O-])c1ccccc1[N+](=O)[O-])P(O)O. The van der Waals surface area contributed by atoms with E-state index in [0.29, 0.717) is 0 Å². The van der Waals surface area contributed by atoms with Crippen molar-refractivity contribution >= 4 is 19.9 Å². The number of hydrogen-bond acceptors (Lipinski definition) is 8. The summed E-state index contributed by atoms with van der Waals surface area (Å²) < 4.78 is 1.20. The predicted molar refractivity (Wildman–Crippen MR) is 106 cm³/mol. The standard InChI is InChI=1S/C18H19N4O6P/c1-20(29(27)28)17(11-6-12-19)18(13-7-2-4-9-15(13)21(23)24)14-8-3-5-10-16(14)22(25)26/h2-5,7-10,17-18,27-28H,6,11H2,1H3. The third-order valence-corrected chi connectivity index (χ3v) is 5.50. The third-order valence-electron chi connectivity index (χ3n) is 4.64. The zero-order valence-corrected chi connectivity index (χ0v) is 16.3. The smallest absolute Gasteiger partial charge is 0.273 e. The Balaban J connectivity index is 2.80. The van der Waals surface area contributed by atoms with Gasteiger partial charge in [0.1, 0.15) is 0 Å². The molecule has 0 heterocycles. The van der Waals surface area contributed by atoms with Crippen LogP contribution in [0.2, 0.25) is 0 Å². The molecule has 29 heavy (non-hydrogen) atoms. The maximum absolute atomic E-state index is 11.6. The molecule has 11 heteroatoms. The molecule has 10 nitrogen and oxygen atoms in total. The van der Waals surface area contributed by atoms with Crippen molar-refractivity contribution in [2.24, 2.45) is 0 Å². The third kappa shape index (κ3) is 5.10. The molecule has 0 radical (unpaired) electrons. The molecule has 152 valence electrons. The molecular formula is C18H19N4O6P. The average molecular weight is 418 g/mol. The van der Waals surface area contributed by atoms with Gasteiger partial charge in [-0.25, -0.2) is 4.67 Å². The Morgan fingerprint density at radius 1 is 1.03 bits per heavy atom. The van der Waals surface area contributed by atoms with Gasteiger partial charge in [0.15, 0.2) is 0 Å². The fourth-order valence-corrected chi connectivity index (χ4v) is 3.84. The zero-order valence-electron chi connectivity index (χ0n) is 15.5. The lowest BCUT2D eigenvalue weighted by Crippen LogP contribution is -2.34. The van der Waals surface area contributed by atoms with Crippen LogP contribution in [0.5, 0.6) is 0 Å². The number of benzene rings is 2. The predicted octanol–water partition coefficient (Wildman–Crippen LogP) is 3.45. The molecule has 2 aromatic carbocycles. The molecular weight excluding hydrogens is 399 g/mol. The van der Waals surface area contributed by atoms with Crippen LogP contribution in [0.1, 0.15) is 29.9 Å². The number of nitro benzene ring substituents is 2. The Morgan fingerprint density at radius 2 is 1.48 bits per heavy atom. The van der Waals surface area contributed by atoms with E-state index in [0.717, 1.165) is 0 Å². The molecule has 2 rings (SSSR count). The first-order chi connectivity index (χ1) is 13.8. The highest BCUT2D eigenvalue weighted by molar-refractivity contribution is 7.42. The second-order valence-corrected chi connectivity index (χ2v) is 7.38. The van der Waals surface area contributed by atoms with Gasteiger partial charge in [0.05, 0.1) is 15.9 Å². The van der Waals surface area contributed by atoms with Crippen LogP contribution < -0.4 is 0 Å². The number of nitrogens with zero attached hydrogens (tertiary/aromatic N) is 4. The second kappa shape index (κ2) is 10.0. The lowest BCUT2D eigenvalue weighted by molar-refractivity contribution is -0.386. The molecule has 0 amide bonds. The summed E-state index contributed by atoms with van der Waals surface area (Å²) in [6.45, 7) is 0. The molecule has 0 aliphatic rings. The number of nitro groups is 2. The first-order valence-corrected chi connectivity index (χ1v) is 9.73. The van der Waals surface area contributed by atoms with Gasteiger partial charge in [-0.3, -0.25) is 20.2 Å². The Hall–Kier alpha value is -2.96. The monoisotopic (exact) mass is 418 g/mol. The van der Waals surface area contributed by atoms with Crippen molar-refractivity contribution in [2.75, 3.05) is 7.05 Å². The maximum atomic E-state index is 11.6. The molecule has 0 aliphatic carbocycles. The van der Waals surface area contributed by atoms with Crippen molar-refractivity contribution in [2.45, 2.75) is 24.8 Å². The van der Waals surface area contributed by atoms with Gasteiger partial charge in [-0.2, -0.15) is 5.26 Å². The van der Waals surface area contributed by atoms with Crippen molar-refractivity contribution in [3.05, 3.63) is 79.9 Å². The van der Waals surface area contributed by atoms with Gasteiger partial charge in [0.2, 0.25) is 0 Å². The summed E-state index contributed by atoms with van der Waals surface area (Å²) in [5.41, 5.74) is -0.102. The topological polar surface area (TPSA) is 154 Å². The Bertz CT molecular complexity index is 875. The molecule has 0 aliphatic heterocycles. The summed E-state index contributed by atoms with van der Waals surface area (Å²) in [5.74, 6) is -0.944. The molecule has 0 fully saturated rings. The lowest BCUT2D eigenvalue weighted by Gasteiger charge is -2.34.